The standard InChI is InChI=1S/C47H73Cl3N2O13/c1-6-9-11-13-14-15-16-17-21-25-36(62-38(53)26-22-12-10-7-2)28-39(54)64-42-40(52-45(56)60-33-47(48,49)50)43(63-37-32-61-46(4,5)65-41(37)42)59-31-35(51-44(55)58-27-8-3)30-57-29-34-23-19-18-20-24-34/h8,18-20,23-24,35-37,40-43H,3,6-7,9-17,21-22,25-33H2,1-2,4-5H3,(H,51,55)(H,52,56)/t35-,36+,37+,40+,41+,42+,43?/m0/s1. The lowest BCUT2D eigenvalue weighted by molar-refractivity contribution is -0.369. The fourth-order valence-electron chi connectivity index (χ4n) is 7.38. The number of carbonyl (C=O) groups is 4. The van der Waals surface area contributed by atoms with Gasteiger partial charge in [-0.05, 0) is 38.7 Å². The highest BCUT2D eigenvalue weighted by Crippen LogP contribution is 2.35. The van der Waals surface area contributed by atoms with Gasteiger partial charge in [0.25, 0.3) is 0 Å². The van der Waals surface area contributed by atoms with Crippen LogP contribution < -0.4 is 10.6 Å². The number of alkyl halides is 3. The number of benzene rings is 1. The van der Waals surface area contributed by atoms with E-state index in [1.807, 2.05) is 30.3 Å². The lowest BCUT2D eigenvalue weighted by Crippen LogP contribution is -2.69. The minimum absolute atomic E-state index is 0.00260. The summed E-state index contributed by atoms with van der Waals surface area (Å²) in [6.07, 6.45) is 8.45. The Morgan fingerprint density at radius 3 is 2.20 bits per heavy atom. The van der Waals surface area contributed by atoms with Gasteiger partial charge in [0, 0.05) is 6.42 Å². The summed E-state index contributed by atoms with van der Waals surface area (Å²) in [6.45, 7) is 10.6. The second-order valence-electron chi connectivity index (χ2n) is 17.0. The second kappa shape index (κ2) is 31.2. The van der Waals surface area contributed by atoms with Crippen molar-refractivity contribution in [3.8, 4) is 0 Å². The molecule has 2 saturated heterocycles. The van der Waals surface area contributed by atoms with Crippen LogP contribution in [0.5, 0.6) is 0 Å². The molecule has 7 atom stereocenters. The van der Waals surface area contributed by atoms with Crippen LogP contribution in [0.4, 0.5) is 9.59 Å². The summed E-state index contributed by atoms with van der Waals surface area (Å²) < 4.78 is 51.5. The van der Waals surface area contributed by atoms with E-state index >= 15 is 0 Å². The van der Waals surface area contributed by atoms with Gasteiger partial charge in [0.2, 0.25) is 3.79 Å². The van der Waals surface area contributed by atoms with Gasteiger partial charge in [-0.1, -0.05) is 162 Å². The topological polar surface area (TPSA) is 175 Å². The van der Waals surface area contributed by atoms with E-state index in [2.05, 4.69) is 31.1 Å². The molecule has 2 heterocycles. The summed E-state index contributed by atoms with van der Waals surface area (Å²) in [5.41, 5.74) is 0.905. The van der Waals surface area contributed by atoms with Crippen molar-refractivity contribution in [3.63, 3.8) is 0 Å². The van der Waals surface area contributed by atoms with Gasteiger partial charge in [0.15, 0.2) is 18.2 Å². The molecule has 15 nitrogen and oxygen atoms in total. The molecule has 1 aromatic carbocycles. The molecule has 2 aliphatic heterocycles. The Morgan fingerprint density at radius 2 is 1.54 bits per heavy atom. The number of rotatable bonds is 31. The Bertz CT molecular complexity index is 1540. The van der Waals surface area contributed by atoms with Crippen LogP contribution in [0.1, 0.15) is 136 Å². The first-order chi connectivity index (χ1) is 31.1. The van der Waals surface area contributed by atoms with E-state index in [4.69, 9.17) is 77.4 Å². The van der Waals surface area contributed by atoms with Crippen molar-refractivity contribution in [1.82, 2.24) is 10.6 Å². The van der Waals surface area contributed by atoms with Crippen molar-refractivity contribution in [2.24, 2.45) is 0 Å². The summed E-state index contributed by atoms with van der Waals surface area (Å²) in [4.78, 5) is 53.3. The monoisotopic (exact) mass is 978 g/mol. The molecule has 0 saturated carbocycles. The number of carbonyl (C=O) groups excluding carboxylic acids is 4. The molecule has 0 aliphatic carbocycles. The van der Waals surface area contributed by atoms with E-state index in [1.165, 1.54) is 38.2 Å². The summed E-state index contributed by atoms with van der Waals surface area (Å²) in [5, 5.41) is 5.41. The fraction of sp³-hybridized carbons (Fsp3) is 0.745. The number of hydrogen-bond donors (Lipinski definition) is 2. The van der Waals surface area contributed by atoms with Gasteiger partial charge in [-0.3, -0.25) is 9.59 Å². The number of halogens is 3. The summed E-state index contributed by atoms with van der Waals surface area (Å²) in [6, 6.07) is 7.35. The van der Waals surface area contributed by atoms with Crippen molar-refractivity contribution in [2.75, 3.05) is 33.0 Å². The van der Waals surface area contributed by atoms with Crippen molar-refractivity contribution >= 4 is 58.9 Å². The number of hydrogen-bond acceptors (Lipinski definition) is 13. The van der Waals surface area contributed by atoms with E-state index in [0.717, 1.165) is 50.5 Å². The SMILES string of the molecule is C=CCOC(=O)N[C@@H](COCc1ccccc1)COC1O[C@@H]2COC(C)(C)O[C@H]2[C@H](OC(=O)C[C@@H](CCCCCCCCCCC)OC(=O)CCCCCC)[C@H]1NC(=O)OCC(Cl)(Cl)Cl. The fourth-order valence-corrected chi connectivity index (χ4v) is 7.54. The van der Waals surface area contributed by atoms with Gasteiger partial charge >= 0.3 is 24.1 Å². The largest absolute Gasteiger partial charge is 0.462 e. The summed E-state index contributed by atoms with van der Waals surface area (Å²) in [7, 11) is 0. The average Bonchev–Trinajstić information content (AvgIpc) is 3.25. The Morgan fingerprint density at radius 1 is 0.877 bits per heavy atom. The summed E-state index contributed by atoms with van der Waals surface area (Å²) in [5.74, 6) is -2.22. The molecule has 18 heteroatoms. The molecular formula is C47H73Cl3N2O13. The van der Waals surface area contributed by atoms with Gasteiger partial charge < -0.3 is 53.3 Å². The molecule has 2 fully saturated rings. The van der Waals surface area contributed by atoms with Crippen LogP contribution in [0.2, 0.25) is 0 Å². The van der Waals surface area contributed by atoms with Gasteiger partial charge in [-0.15, -0.1) is 0 Å². The molecule has 370 valence electrons. The number of esters is 2. The van der Waals surface area contributed by atoms with Crippen molar-refractivity contribution < 1.29 is 61.8 Å². The molecule has 0 spiro atoms. The minimum Gasteiger partial charge on any atom is -0.462 e. The Balaban J connectivity index is 1.86. The number of ether oxygens (including phenoxy) is 9. The van der Waals surface area contributed by atoms with E-state index in [9.17, 15) is 19.2 Å². The number of unbranched alkanes of at least 4 members (excludes halogenated alkanes) is 11. The molecule has 2 amide bonds. The zero-order valence-corrected chi connectivity index (χ0v) is 41.0. The molecule has 2 N–H and O–H groups in total. The Kier molecular flexibility index (Phi) is 27.1. The minimum atomic E-state index is -1.93. The highest BCUT2D eigenvalue weighted by atomic mass is 35.6. The number of fused-ring (bicyclic) bond motifs is 1. The zero-order chi connectivity index (χ0) is 47.5. The third-order valence-corrected chi connectivity index (χ3v) is 11.0. The number of alkyl carbamates (subject to hydrolysis) is 2. The quantitative estimate of drug-likeness (QED) is 0.0237. The van der Waals surface area contributed by atoms with Crippen LogP contribution in [0, 0.1) is 0 Å². The predicted molar refractivity (Wildman–Crippen MR) is 248 cm³/mol. The Hall–Kier alpha value is -2.89. The smallest absolute Gasteiger partial charge is 0.407 e. The molecule has 0 bridgehead atoms. The average molecular weight is 980 g/mol. The molecule has 3 rings (SSSR count). The van der Waals surface area contributed by atoms with Crippen molar-refractivity contribution in [2.45, 2.75) is 189 Å². The predicted octanol–water partition coefficient (Wildman–Crippen LogP) is 9.95. The molecule has 0 aromatic heterocycles. The molecule has 2 aliphatic rings. The third kappa shape index (κ3) is 24.1. The first kappa shape index (κ1) is 56.4. The zero-order valence-electron chi connectivity index (χ0n) is 38.7. The highest BCUT2D eigenvalue weighted by molar-refractivity contribution is 6.67. The van der Waals surface area contributed by atoms with Gasteiger partial charge in [0.1, 0.15) is 37.6 Å². The van der Waals surface area contributed by atoms with Crippen LogP contribution in [-0.4, -0.2) is 110 Å². The first-order valence-corrected chi connectivity index (χ1v) is 24.4. The van der Waals surface area contributed by atoms with E-state index in [-0.39, 0.29) is 51.8 Å². The second-order valence-corrected chi connectivity index (χ2v) is 19.5. The van der Waals surface area contributed by atoms with Crippen LogP contribution >= 0.6 is 34.8 Å². The van der Waals surface area contributed by atoms with Crippen molar-refractivity contribution in [3.05, 3.63) is 48.6 Å². The van der Waals surface area contributed by atoms with Crippen LogP contribution in [-0.2, 0) is 58.8 Å². The van der Waals surface area contributed by atoms with E-state index in [0.29, 0.717) is 12.8 Å². The van der Waals surface area contributed by atoms with E-state index in [1.54, 1.807) is 13.8 Å². The molecule has 65 heavy (non-hydrogen) atoms. The first-order valence-electron chi connectivity index (χ1n) is 23.3. The van der Waals surface area contributed by atoms with Crippen LogP contribution in [0.3, 0.4) is 0 Å². The van der Waals surface area contributed by atoms with Crippen LogP contribution in [0.25, 0.3) is 0 Å². The third-order valence-electron chi connectivity index (χ3n) is 10.7. The molecular weight excluding hydrogens is 907 g/mol. The highest BCUT2D eigenvalue weighted by Gasteiger charge is 2.54. The molecule has 0 radical (unpaired) electrons. The van der Waals surface area contributed by atoms with Gasteiger partial charge in [0.05, 0.1) is 38.9 Å². The lowest BCUT2D eigenvalue weighted by Gasteiger charge is -2.50. The number of nitrogens with one attached hydrogen (secondary N) is 2. The van der Waals surface area contributed by atoms with Gasteiger partial charge in [-0.2, -0.15) is 0 Å². The van der Waals surface area contributed by atoms with E-state index < -0.39 is 77.1 Å². The normalized spacial score (nSPS) is 21.2. The Labute approximate surface area is 400 Å². The van der Waals surface area contributed by atoms with Crippen LogP contribution in [0.15, 0.2) is 43.0 Å². The van der Waals surface area contributed by atoms with Gasteiger partial charge in [-0.25, -0.2) is 9.59 Å². The van der Waals surface area contributed by atoms with Crippen molar-refractivity contribution in [1.29, 1.82) is 0 Å². The molecule has 1 aromatic rings. The number of amides is 2. The molecule has 1 unspecified atom stereocenters. The maximum Gasteiger partial charge on any atom is 0.407 e. The lowest BCUT2D eigenvalue weighted by atomic mass is 9.95. The maximum absolute atomic E-state index is 14.1. The maximum atomic E-state index is 14.1. The summed E-state index contributed by atoms with van der Waals surface area (Å²) >= 11 is 17.7.